The van der Waals surface area contributed by atoms with Gasteiger partial charge in [0, 0.05) is 30.0 Å². The Bertz CT molecular complexity index is 1120. The minimum Gasteiger partial charge on any atom is -0.472 e. The van der Waals surface area contributed by atoms with E-state index in [2.05, 4.69) is 15.6 Å². The number of fused-ring (bicyclic) bond motifs is 1. The van der Waals surface area contributed by atoms with Gasteiger partial charge in [-0.05, 0) is 31.4 Å². The lowest BCUT2D eigenvalue weighted by Crippen LogP contribution is -2.23. The predicted molar refractivity (Wildman–Crippen MR) is 124 cm³/mol. The number of ether oxygens (including phenoxy) is 2. The number of nitrogens with zero attached hydrogens (tertiary/aromatic N) is 2. The van der Waals surface area contributed by atoms with Crippen LogP contribution < -0.4 is 10.6 Å². The zero-order chi connectivity index (χ0) is 23.4. The smallest absolute Gasteiger partial charge is 0.356 e. The molecule has 0 saturated carbocycles. The molecule has 33 heavy (non-hydrogen) atoms. The highest BCUT2D eigenvalue weighted by molar-refractivity contribution is 6.11. The predicted octanol–water partition coefficient (Wildman–Crippen LogP) is 4.19. The summed E-state index contributed by atoms with van der Waals surface area (Å²) in [4.78, 5) is 30.4. The number of pyridine rings is 1. The van der Waals surface area contributed by atoms with E-state index in [0.717, 1.165) is 24.1 Å². The van der Waals surface area contributed by atoms with Crippen molar-refractivity contribution in [1.82, 2.24) is 9.55 Å². The molecule has 1 aliphatic rings. The molecule has 1 aliphatic heterocycles. The Hall–Kier alpha value is -3.33. The van der Waals surface area contributed by atoms with E-state index < -0.39 is 5.97 Å². The second-order valence-corrected chi connectivity index (χ2v) is 8.34. The monoisotopic (exact) mass is 454 g/mol. The third-order valence-electron chi connectivity index (χ3n) is 6.07. The molecular weight excluding hydrogens is 424 g/mol. The van der Waals surface area contributed by atoms with E-state index in [1.807, 2.05) is 30.5 Å². The first-order valence-electron chi connectivity index (χ1n) is 11.3. The van der Waals surface area contributed by atoms with Crippen molar-refractivity contribution in [2.75, 3.05) is 24.4 Å². The van der Waals surface area contributed by atoms with Gasteiger partial charge in [-0.25, -0.2) is 9.78 Å². The molecule has 1 amide bonds. The van der Waals surface area contributed by atoms with Crippen molar-refractivity contribution in [3.05, 3.63) is 42.1 Å². The topological polar surface area (TPSA) is 108 Å². The lowest BCUT2D eigenvalue weighted by Gasteiger charge is -2.15. The van der Waals surface area contributed by atoms with Gasteiger partial charge in [0.25, 0.3) is 0 Å². The van der Waals surface area contributed by atoms with E-state index >= 15 is 0 Å². The van der Waals surface area contributed by atoms with Crippen LogP contribution >= 0.6 is 0 Å². The maximum absolute atomic E-state index is 12.9. The SMILES string of the molecule is CCC(C)C(=O)Nc1c(C(=O)OC)n(CC2CCCO2)c2ncc(NCc3ccoc3)cc12. The van der Waals surface area contributed by atoms with E-state index in [0.29, 0.717) is 42.8 Å². The molecule has 2 N–H and O–H groups in total. The van der Waals surface area contributed by atoms with Crippen LogP contribution in [0.2, 0.25) is 0 Å². The average Bonchev–Trinajstić information content (AvgIpc) is 3.59. The lowest BCUT2D eigenvalue weighted by atomic mass is 10.1. The van der Waals surface area contributed by atoms with Crippen LogP contribution in [-0.4, -0.2) is 41.2 Å². The Balaban J connectivity index is 1.79. The molecule has 2 atom stereocenters. The van der Waals surface area contributed by atoms with Gasteiger partial charge in [-0.2, -0.15) is 0 Å². The van der Waals surface area contributed by atoms with Crippen molar-refractivity contribution in [2.45, 2.75) is 52.3 Å². The molecule has 3 aromatic rings. The molecule has 4 heterocycles. The maximum atomic E-state index is 12.9. The van der Waals surface area contributed by atoms with Gasteiger partial charge < -0.3 is 29.1 Å². The van der Waals surface area contributed by atoms with Crippen molar-refractivity contribution in [2.24, 2.45) is 5.92 Å². The van der Waals surface area contributed by atoms with Gasteiger partial charge in [-0.15, -0.1) is 0 Å². The number of anilines is 2. The number of esters is 1. The largest absolute Gasteiger partial charge is 0.472 e. The van der Waals surface area contributed by atoms with Crippen molar-refractivity contribution in [3.63, 3.8) is 0 Å². The Morgan fingerprint density at radius 3 is 2.91 bits per heavy atom. The Labute approximate surface area is 192 Å². The number of amides is 1. The molecule has 0 spiro atoms. The van der Waals surface area contributed by atoms with Gasteiger partial charge in [0.05, 0.1) is 49.9 Å². The second-order valence-electron chi connectivity index (χ2n) is 8.34. The van der Waals surface area contributed by atoms with Crippen LogP contribution in [-0.2, 0) is 27.4 Å². The van der Waals surface area contributed by atoms with E-state index in [4.69, 9.17) is 13.9 Å². The Morgan fingerprint density at radius 2 is 2.24 bits per heavy atom. The first-order valence-corrected chi connectivity index (χ1v) is 11.3. The molecule has 4 rings (SSSR count). The molecule has 176 valence electrons. The number of nitrogens with one attached hydrogen (secondary N) is 2. The summed E-state index contributed by atoms with van der Waals surface area (Å²) < 4.78 is 17.8. The third kappa shape index (κ3) is 4.88. The third-order valence-corrected chi connectivity index (χ3v) is 6.07. The summed E-state index contributed by atoms with van der Waals surface area (Å²) in [6.07, 6.45) is 7.55. The zero-order valence-electron chi connectivity index (χ0n) is 19.2. The van der Waals surface area contributed by atoms with Gasteiger partial charge in [0.1, 0.15) is 5.65 Å². The molecule has 9 nitrogen and oxygen atoms in total. The first-order chi connectivity index (χ1) is 16.0. The molecular formula is C24H30N4O5. The Morgan fingerprint density at radius 1 is 1.39 bits per heavy atom. The van der Waals surface area contributed by atoms with E-state index in [1.165, 1.54) is 7.11 Å². The molecule has 1 saturated heterocycles. The molecule has 1 fully saturated rings. The second kappa shape index (κ2) is 10.1. The van der Waals surface area contributed by atoms with Gasteiger partial charge in [0.2, 0.25) is 5.91 Å². The number of furan rings is 1. The minimum absolute atomic E-state index is 0.0252. The van der Waals surface area contributed by atoms with Crippen LogP contribution in [0.1, 0.15) is 49.2 Å². The summed E-state index contributed by atoms with van der Waals surface area (Å²) in [5.41, 5.74) is 3.04. The summed E-state index contributed by atoms with van der Waals surface area (Å²) in [5, 5.41) is 6.96. The number of methoxy groups -OCH3 is 1. The van der Waals surface area contributed by atoms with Crippen molar-refractivity contribution >= 4 is 34.3 Å². The fourth-order valence-electron chi connectivity index (χ4n) is 3.96. The number of hydrogen-bond donors (Lipinski definition) is 2. The summed E-state index contributed by atoms with van der Waals surface area (Å²) in [6.45, 7) is 5.51. The van der Waals surface area contributed by atoms with E-state index in [1.54, 1.807) is 18.7 Å². The van der Waals surface area contributed by atoms with Crippen molar-refractivity contribution < 1.29 is 23.5 Å². The fraction of sp³-hybridized carbons (Fsp3) is 0.458. The van der Waals surface area contributed by atoms with E-state index in [-0.39, 0.29) is 23.6 Å². The van der Waals surface area contributed by atoms with Gasteiger partial charge in [0.15, 0.2) is 5.69 Å². The molecule has 0 aliphatic carbocycles. The van der Waals surface area contributed by atoms with Crippen LogP contribution in [0, 0.1) is 5.92 Å². The van der Waals surface area contributed by atoms with Crippen LogP contribution in [0.15, 0.2) is 35.3 Å². The minimum atomic E-state index is -0.529. The summed E-state index contributed by atoms with van der Waals surface area (Å²) in [7, 11) is 1.34. The van der Waals surface area contributed by atoms with Gasteiger partial charge >= 0.3 is 5.97 Å². The number of carbonyl (C=O) groups excluding carboxylic acids is 2. The molecule has 2 unspecified atom stereocenters. The fourth-order valence-corrected chi connectivity index (χ4v) is 3.96. The first kappa shape index (κ1) is 22.8. The zero-order valence-corrected chi connectivity index (χ0v) is 19.2. The molecule has 0 aromatic carbocycles. The van der Waals surface area contributed by atoms with Crippen LogP contribution in [0.3, 0.4) is 0 Å². The summed E-state index contributed by atoms with van der Waals surface area (Å²) >= 11 is 0. The molecule has 0 radical (unpaired) electrons. The van der Waals surface area contributed by atoms with Crippen molar-refractivity contribution in [1.29, 1.82) is 0 Å². The molecule has 9 heteroatoms. The van der Waals surface area contributed by atoms with Gasteiger partial charge in [-0.1, -0.05) is 13.8 Å². The quantitative estimate of drug-likeness (QED) is 0.467. The van der Waals surface area contributed by atoms with Crippen molar-refractivity contribution in [3.8, 4) is 0 Å². The maximum Gasteiger partial charge on any atom is 0.356 e. The van der Waals surface area contributed by atoms with E-state index in [9.17, 15) is 9.59 Å². The Kier molecular flexibility index (Phi) is 6.98. The van der Waals surface area contributed by atoms with Crippen LogP contribution in [0.25, 0.3) is 11.0 Å². The van der Waals surface area contributed by atoms with Crippen LogP contribution in [0.5, 0.6) is 0 Å². The van der Waals surface area contributed by atoms with Crippen LogP contribution in [0.4, 0.5) is 11.4 Å². The number of aromatic nitrogens is 2. The summed E-state index contributed by atoms with van der Waals surface area (Å²) in [5.74, 6) is -0.892. The summed E-state index contributed by atoms with van der Waals surface area (Å²) in [6, 6.07) is 3.78. The average molecular weight is 455 g/mol. The lowest BCUT2D eigenvalue weighted by molar-refractivity contribution is -0.119. The van der Waals surface area contributed by atoms with Gasteiger partial charge in [-0.3, -0.25) is 4.79 Å². The highest BCUT2D eigenvalue weighted by Crippen LogP contribution is 2.34. The standard InChI is InChI=1S/C24H30N4O5/c1-4-15(2)23(29)27-20-19-10-17(25-11-16-7-9-32-14-16)12-26-22(19)28(21(20)24(30)31-3)13-18-6-5-8-33-18/h7,9-10,12,14-15,18,25H,4-6,8,11,13H2,1-3H3,(H,27,29). The normalized spacial score (nSPS) is 16.6. The molecule has 0 bridgehead atoms. The highest BCUT2D eigenvalue weighted by atomic mass is 16.5. The number of rotatable bonds is 9. The highest BCUT2D eigenvalue weighted by Gasteiger charge is 2.29. The number of carbonyl (C=O) groups is 2. The molecule has 3 aromatic heterocycles. The number of hydrogen-bond acceptors (Lipinski definition) is 7.